The molecular weight excluding hydrogens is 352 g/mol. The quantitative estimate of drug-likeness (QED) is 0.742. The summed E-state index contributed by atoms with van der Waals surface area (Å²) < 4.78 is 5.43. The number of nitrogens with one attached hydrogen (secondary N) is 1. The van der Waals surface area contributed by atoms with Crippen molar-refractivity contribution in [2.75, 3.05) is 36.5 Å². The highest BCUT2D eigenvalue weighted by Gasteiger charge is 2.16. The van der Waals surface area contributed by atoms with Gasteiger partial charge in [0.1, 0.15) is 5.69 Å². The van der Waals surface area contributed by atoms with Crippen LogP contribution in [0.4, 0.5) is 11.4 Å². The fourth-order valence-corrected chi connectivity index (χ4v) is 3.20. The van der Waals surface area contributed by atoms with Crippen molar-refractivity contribution in [1.29, 1.82) is 0 Å². The van der Waals surface area contributed by atoms with Gasteiger partial charge in [-0.15, -0.1) is 0 Å². The first-order chi connectivity index (χ1) is 13.7. The molecule has 1 fully saturated rings. The maximum Gasteiger partial charge on any atom is 0.276 e. The second-order valence-corrected chi connectivity index (χ2v) is 6.66. The molecular formula is C22H26N4O2. The van der Waals surface area contributed by atoms with Gasteiger partial charge in [-0.3, -0.25) is 9.78 Å². The minimum atomic E-state index is -0.262. The number of amides is 1. The fourth-order valence-electron chi connectivity index (χ4n) is 3.20. The summed E-state index contributed by atoms with van der Waals surface area (Å²) in [5, 5.41) is 2.88. The molecule has 1 saturated heterocycles. The summed E-state index contributed by atoms with van der Waals surface area (Å²) in [5.74, 6) is -0.262. The summed E-state index contributed by atoms with van der Waals surface area (Å²) in [4.78, 5) is 24.0. The molecule has 1 amide bonds. The van der Waals surface area contributed by atoms with Crippen LogP contribution in [0.15, 0.2) is 60.8 Å². The van der Waals surface area contributed by atoms with Crippen LogP contribution < -0.4 is 10.2 Å². The van der Waals surface area contributed by atoms with Crippen molar-refractivity contribution in [2.24, 2.45) is 0 Å². The first kappa shape index (κ1) is 18.1. The van der Waals surface area contributed by atoms with E-state index in [9.17, 15) is 4.79 Å². The van der Waals surface area contributed by atoms with Crippen LogP contribution in [-0.4, -0.2) is 42.2 Å². The molecule has 1 aliphatic rings. The number of aryl methyl sites for hydroxylation is 1. The van der Waals surface area contributed by atoms with Crippen LogP contribution in [0.1, 0.15) is 19.0 Å². The lowest BCUT2D eigenvalue weighted by atomic mass is 10.1. The van der Waals surface area contributed by atoms with E-state index in [4.69, 9.17) is 4.74 Å². The highest BCUT2D eigenvalue weighted by Crippen LogP contribution is 2.24. The normalized spacial score (nSPS) is 14.0. The summed E-state index contributed by atoms with van der Waals surface area (Å²) in [6.45, 7) is 5.00. The summed E-state index contributed by atoms with van der Waals surface area (Å²) >= 11 is 0. The molecule has 6 nitrogen and oxygen atoms in total. The highest BCUT2D eigenvalue weighted by molar-refractivity contribution is 6.03. The van der Waals surface area contributed by atoms with Crippen LogP contribution in [0.3, 0.4) is 0 Å². The molecule has 3 aromatic rings. The van der Waals surface area contributed by atoms with Crippen molar-refractivity contribution < 1.29 is 12.4 Å². The molecule has 1 N–H and O–H groups in total. The van der Waals surface area contributed by atoms with Crippen LogP contribution >= 0.6 is 0 Å². The standard InChI is InChI=1S/C22H22N4O2.2H2/c1-16-21(22(27)24-18-7-3-2-4-8-18)25-20(15-23-16)17-6-5-9-19(14-17)26-10-12-28-13-11-26;;/h2-9,14-15H,10-13H2,1H3,(H,24,27);2*1H. The molecule has 0 unspecified atom stereocenters. The van der Waals surface area contributed by atoms with E-state index >= 15 is 0 Å². The van der Waals surface area contributed by atoms with Crippen molar-refractivity contribution in [3.63, 3.8) is 0 Å². The molecule has 146 valence electrons. The SMILES string of the molecule is Cc1ncc(-c2cccc(N3CCOCC3)c2)nc1C(=O)Nc1ccccc1.[HH].[HH]. The zero-order valence-electron chi connectivity index (χ0n) is 15.8. The zero-order valence-corrected chi connectivity index (χ0v) is 15.8. The Bertz CT molecular complexity index is 980. The third-order valence-electron chi connectivity index (χ3n) is 4.72. The molecule has 6 heteroatoms. The number of carbonyl (C=O) groups excluding carboxylic acids is 1. The largest absolute Gasteiger partial charge is 0.378 e. The van der Waals surface area contributed by atoms with Crippen LogP contribution in [0.2, 0.25) is 0 Å². The van der Waals surface area contributed by atoms with Crippen molar-refractivity contribution in [2.45, 2.75) is 6.92 Å². The number of rotatable bonds is 4. The molecule has 0 radical (unpaired) electrons. The number of benzene rings is 2. The van der Waals surface area contributed by atoms with E-state index in [0.717, 1.165) is 43.2 Å². The van der Waals surface area contributed by atoms with Gasteiger partial charge in [0.15, 0.2) is 0 Å². The van der Waals surface area contributed by atoms with Gasteiger partial charge >= 0.3 is 0 Å². The van der Waals surface area contributed by atoms with Gasteiger partial charge in [0.05, 0.1) is 30.8 Å². The Hall–Kier alpha value is -3.25. The lowest BCUT2D eigenvalue weighted by Gasteiger charge is -2.29. The number of aromatic nitrogens is 2. The Morgan fingerprint density at radius 1 is 1.11 bits per heavy atom. The van der Waals surface area contributed by atoms with Crippen LogP contribution in [0, 0.1) is 6.92 Å². The van der Waals surface area contributed by atoms with E-state index in [1.807, 2.05) is 42.5 Å². The monoisotopic (exact) mass is 378 g/mol. The van der Waals surface area contributed by atoms with Gasteiger partial charge in [0.2, 0.25) is 0 Å². The van der Waals surface area contributed by atoms with Crippen LogP contribution in [0.25, 0.3) is 11.3 Å². The minimum Gasteiger partial charge on any atom is -0.378 e. The first-order valence-electron chi connectivity index (χ1n) is 9.34. The fraction of sp³-hybridized carbons (Fsp3) is 0.227. The lowest BCUT2D eigenvalue weighted by molar-refractivity contribution is 0.102. The van der Waals surface area contributed by atoms with Gasteiger partial charge in [-0.1, -0.05) is 30.3 Å². The van der Waals surface area contributed by atoms with Gasteiger partial charge in [0.25, 0.3) is 5.91 Å². The number of hydrogen-bond acceptors (Lipinski definition) is 5. The highest BCUT2D eigenvalue weighted by atomic mass is 16.5. The molecule has 0 spiro atoms. The predicted molar refractivity (Wildman–Crippen MR) is 114 cm³/mol. The smallest absolute Gasteiger partial charge is 0.276 e. The summed E-state index contributed by atoms with van der Waals surface area (Å²) in [6.07, 6.45) is 1.72. The number of morpholine rings is 1. The topological polar surface area (TPSA) is 67.3 Å². The third kappa shape index (κ3) is 4.02. The van der Waals surface area contributed by atoms with Gasteiger partial charge < -0.3 is 15.0 Å². The van der Waals surface area contributed by atoms with E-state index in [2.05, 4.69) is 32.3 Å². The molecule has 1 aromatic heterocycles. The summed E-state index contributed by atoms with van der Waals surface area (Å²) in [6, 6.07) is 17.5. The molecule has 0 atom stereocenters. The van der Waals surface area contributed by atoms with Crippen molar-refractivity contribution in [1.82, 2.24) is 9.97 Å². The van der Waals surface area contributed by atoms with Crippen molar-refractivity contribution in [3.8, 4) is 11.3 Å². The molecule has 4 rings (SSSR count). The number of carbonyl (C=O) groups is 1. The molecule has 0 bridgehead atoms. The molecule has 1 aliphatic heterocycles. The Morgan fingerprint density at radius 2 is 1.89 bits per heavy atom. The molecule has 2 aromatic carbocycles. The second kappa shape index (κ2) is 8.19. The Balaban J connectivity index is 0.00000160. The maximum absolute atomic E-state index is 12.7. The number of ether oxygens (including phenoxy) is 1. The number of nitrogens with zero attached hydrogens (tertiary/aromatic N) is 3. The Labute approximate surface area is 167 Å². The Kier molecular flexibility index (Phi) is 5.30. The van der Waals surface area contributed by atoms with Crippen molar-refractivity contribution in [3.05, 3.63) is 72.2 Å². The zero-order chi connectivity index (χ0) is 19.3. The minimum absolute atomic E-state index is 0. The lowest BCUT2D eigenvalue weighted by Crippen LogP contribution is -2.36. The average Bonchev–Trinajstić information content (AvgIpc) is 2.75. The van der Waals surface area contributed by atoms with E-state index < -0.39 is 0 Å². The third-order valence-corrected chi connectivity index (χ3v) is 4.72. The maximum atomic E-state index is 12.7. The molecule has 0 aliphatic carbocycles. The van der Waals surface area contributed by atoms with E-state index in [0.29, 0.717) is 17.1 Å². The van der Waals surface area contributed by atoms with Gasteiger partial charge in [-0.25, -0.2) is 4.98 Å². The predicted octanol–water partition coefficient (Wildman–Crippen LogP) is 4.03. The molecule has 0 saturated carbocycles. The van der Waals surface area contributed by atoms with Gasteiger partial charge in [-0.2, -0.15) is 0 Å². The number of para-hydroxylation sites is 1. The van der Waals surface area contributed by atoms with E-state index in [1.165, 1.54) is 0 Å². The van der Waals surface area contributed by atoms with Crippen molar-refractivity contribution >= 4 is 17.3 Å². The van der Waals surface area contributed by atoms with Gasteiger partial charge in [0, 0.05) is 32.9 Å². The number of hydrogen-bond donors (Lipinski definition) is 1. The average molecular weight is 378 g/mol. The van der Waals surface area contributed by atoms with E-state index in [-0.39, 0.29) is 8.76 Å². The molecule has 2 heterocycles. The number of anilines is 2. The first-order valence-corrected chi connectivity index (χ1v) is 9.34. The van der Waals surface area contributed by atoms with Crippen LogP contribution in [0.5, 0.6) is 0 Å². The molecule has 28 heavy (non-hydrogen) atoms. The summed E-state index contributed by atoms with van der Waals surface area (Å²) in [7, 11) is 0. The van der Waals surface area contributed by atoms with Gasteiger partial charge in [-0.05, 0) is 31.2 Å². The second-order valence-electron chi connectivity index (χ2n) is 6.66. The van der Waals surface area contributed by atoms with Crippen LogP contribution in [-0.2, 0) is 4.74 Å². The summed E-state index contributed by atoms with van der Waals surface area (Å²) in [5.41, 5.74) is 4.40. The Morgan fingerprint density at radius 3 is 2.68 bits per heavy atom. The van der Waals surface area contributed by atoms with E-state index in [1.54, 1.807) is 13.1 Å².